The molecule has 2 aromatic carbocycles. The highest BCUT2D eigenvalue weighted by Gasteiger charge is 2.53. The number of ketones is 2. The SMILES string of the molecule is O=C1c2cccc(Cl)c2C(=O)C1(Br)c1ccccc1. The Labute approximate surface area is 123 Å². The van der Waals surface area contributed by atoms with Gasteiger partial charge in [0.1, 0.15) is 0 Å². The third-order valence-electron chi connectivity index (χ3n) is 3.28. The molecule has 0 radical (unpaired) electrons. The van der Waals surface area contributed by atoms with Crippen LogP contribution in [0.15, 0.2) is 48.5 Å². The second-order valence-electron chi connectivity index (χ2n) is 4.35. The molecule has 0 bridgehead atoms. The lowest BCUT2D eigenvalue weighted by Gasteiger charge is -2.18. The van der Waals surface area contributed by atoms with E-state index in [0.717, 1.165) is 0 Å². The van der Waals surface area contributed by atoms with Gasteiger partial charge in [-0.2, -0.15) is 0 Å². The maximum absolute atomic E-state index is 12.6. The predicted molar refractivity (Wildman–Crippen MR) is 77.2 cm³/mol. The van der Waals surface area contributed by atoms with Crippen LogP contribution in [0.25, 0.3) is 0 Å². The van der Waals surface area contributed by atoms with Gasteiger partial charge in [-0.25, -0.2) is 0 Å². The molecule has 0 aliphatic heterocycles. The van der Waals surface area contributed by atoms with E-state index in [0.29, 0.717) is 21.7 Å². The molecule has 4 heteroatoms. The molecule has 0 heterocycles. The molecule has 0 amide bonds. The van der Waals surface area contributed by atoms with Gasteiger partial charge in [0.05, 0.1) is 5.02 Å². The van der Waals surface area contributed by atoms with E-state index >= 15 is 0 Å². The number of alkyl halides is 1. The standard InChI is InChI=1S/C15H8BrClO2/c16-15(9-5-2-1-3-6-9)13(18)10-7-4-8-11(17)12(10)14(15)19/h1-8H. The highest BCUT2D eigenvalue weighted by atomic mass is 79.9. The summed E-state index contributed by atoms with van der Waals surface area (Å²) in [6.07, 6.45) is 0. The minimum Gasteiger partial charge on any atom is -0.292 e. The monoisotopic (exact) mass is 334 g/mol. The Bertz CT molecular complexity index is 697. The maximum Gasteiger partial charge on any atom is 0.194 e. The van der Waals surface area contributed by atoms with Crippen molar-refractivity contribution in [2.45, 2.75) is 4.32 Å². The van der Waals surface area contributed by atoms with E-state index in [9.17, 15) is 9.59 Å². The molecular weight excluding hydrogens is 328 g/mol. The molecule has 19 heavy (non-hydrogen) atoms. The van der Waals surface area contributed by atoms with Crippen LogP contribution in [-0.2, 0) is 4.32 Å². The zero-order valence-corrected chi connectivity index (χ0v) is 12.0. The van der Waals surface area contributed by atoms with Crippen LogP contribution in [0, 0.1) is 0 Å². The van der Waals surface area contributed by atoms with Crippen LogP contribution >= 0.6 is 27.5 Å². The smallest absolute Gasteiger partial charge is 0.194 e. The van der Waals surface area contributed by atoms with E-state index in [2.05, 4.69) is 15.9 Å². The number of rotatable bonds is 1. The van der Waals surface area contributed by atoms with Crippen LogP contribution in [0.3, 0.4) is 0 Å². The minimum atomic E-state index is -1.35. The van der Waals surface area contributed by atoms with E-state index in [1.54, 1.807) is 42.5 Å². The molecular formula is C15H8BrClO2. The lowest BCUT2D eigenvalue weighted by Crippen LogP contribution is -2.31. The molecule has 2 nitrogen and oxygen atoms in total. The van der Waals surface area contributed by atoms with Crippen molar-refractivity contribution >= 4 is 39.1 Å². The van der Waals surface area contributed by atoms with E-state index in [4.69, 9.17) is 11.6 Å². The Morgan fingerprint density at radius 1 is 0.895 bits per heavy atom. The third kappa shape index (κ3) is 1.62. The lowest BCUT2D eigenvalue weighted by molar-refractivity contribution is 0.0871. The topological polar surface area (TPSA) is 34.1 Å². The molecule has 1 unspecified atom stereocenters. The Morgan fingerprint density at radius 3 is 2.21 bits per heavy atom. The van der Waals surface area contributed by atoms with Crippen LogP contribution in [0.2, 0.25) is 5.02 Å². The fourth-order valence-electron chi connectivity index (χ4n) is 2.34. The molecule has 0 fully saturated rings. The summed E-state index contributed by atoms with van der Waals surface area (Å²) in [7, 11) is 0. The summed E-state index contributed by atoms with van der Waals surface area (Å²) < 4.78 is -1.35. The zero-order valence-electron chi connectivity index (χ0n) is 9.69. The Morgan fingerprint density at radius 2 is 1.58 bits per heavy atom. The van der Waals surface area contributed by atoms with Crippen molar-refractivity contribution in [3.8, 4) is 0 Å². The summed E-state index contributed by atoms with van der Waals surface area (Å²) in [6, 6.07) is 13.9. The number of hydrogen-bond donors (Lipinski definition) is 0. The molecule has 0 N–H and O–H groups in total. The number of Topliss-reactive ketones (excluding diaryl/α,β-unsaturated/α-hetero) is 2. The fourth-order valence-corrected chi connectivity index (χ4v) is 3.27. The van der Waals surface area contributed by atoms with E-state index in [1.807, 2.05) is 6.07 Å². The fraction of sp³-hybridized carbons (Fsp3) is 0.0667. The van der Waals surface area contributed by atoms with Gasteiger partial charge in [-0.3, -0.25) is 9.59 Å². The molecule has 0 saturated heterocycles. The van der Waals surface area contributed by atoms with Gasteiger partial charge in [0, 0.05) is 11.1 Å². The zero-order chi connectivity index (χ0) is 13.6. The quantitative estimate of drug-likeness (QED) is 0.583. The number of hydrogen-bond acceptors (Lipinski definition) is 2. The van der Waals surface area contributed by atoms with Gasteiger partial charge < -0.3 is 0 Å². The van der Waals surface area contributed by atoms with Crippen molar-refractivity contribution in [1.82, 2.24) is 0 Å². The molecule has 2 aromatic rings. The molecule has 1 atom stereocenters. The van der Waals surface area contributed by atoms with Crippen LogP contribution in [0.4, 0.5) is 0 Å². The van der Waals surface area contributed by atoms with Crippen molar-refractivity contribution in [3.63, 3.8) is 0 Å². The predicted octanol–water partition coefficient (Wildman–Crippen LogP) is 4.01. The number of fused-ring (bicyclic) bond motifs is 1. The summed E-state index contributed by atoms with van der Waals surface area (Å²) in [5, 5.41) is 0.313. The molecule has 3 rings (SSSR count). The number of halogens is 2. The first kappa shape index (κ1) is 12.6. The highest BCUT2D eigenvalue weighted by Crippen LogP contribution is 2.46. The average molecular weight is 336 g/mol. The minimum absolute atomic E-state index is 0.263. The number of benzene rings is 2. The van der Waals surface area contributed by atoms with Crippen LogP contribution < -0.4 is 0 Å². The van der Waals surface area contributed by atoms with Crippen LogP contribution in [0.1, 0.15) is 26.3 Å². The lowest BCUT2D eigenvalue weighted by atomic mass is 9.94. The maximum atomic E-state index is 12.6. The molecule has 0 aromatic heterocycles. The van der Waals surface area contributed by atoms with Crippen LogP contribution in [0.5, 0.6) is 0 Å². The molecule has 0 saturated carbocycles. The van der Waals surface area contributed by atoms with Gasteiger partial charge in [0.15, 0.2) is 15.9 Å². The van der Waals surface area contributed by atoms with E-state index in [-0.39, 0.29) is 11.6 Å². The number of carbonyl (C=O) groups is 2. The van der Waals surface area contributed by atoms with Gasteiger partial charge in [0.25, 0.3) is 0 Å². The summed E-state index contributed by atoms with van der Waals surface area (Å²) in [5.74, 6) is -0.564. The normalized spacial score (nSPS) is 21.6. The summed E-state index contributed by atoms with van der Waals surface area (Å²) in [6.45, 7) is 0. The van der Waals surface area contributed by atoms with Crippen molar-refractivity contribution in [2.24, 2.45) is 0 Å². The van der Waals surface area contributed by atoms with Crippen molar-refractivity contribution in [2.75, 3.05) is 0 Å². The van der Waals surface area contributed by atoms with Crippen LogP contribution in [-0.4, -0.2) is 11.6 Å². The average Bonchev–Trinajstić information content (AvgIpc) is 2.64. The third-order valence-corrected chi connectivity index (χ3v) is 4.78. The Balaban J connectivity index is 2.26. The van der Waals surface area contributed by atoms with E-state index < -0.39 is 4.32 Å². The highest BCUT2D eigenvalue weighted by molar-refractivity contribution is 9.10. The second-order valence-corrected chi connectivity index (χ2v) is 5.94. The first-order chi connectivity index (χ1) is 9.06. The second kappa shape index (κ2) is 4.29. The van der Waals surface area contributed by atoms with E-state index in [1.165, 1.54) is 0 Å². The largest absolute Gasteiger partial charge is 0.292 e. The van der Waals surface area contributed by atoms with Crippen molar-refractivity contribution in [1.29, 1.82) is 0 Å². The Hall–Kier alpha value is -1.45. The van der Waals surface area contributed by atoms with Crippen molar-refractivity contribution < 1.29 is 9.59 Å². The van der Waals surface area contributed by atoms with Gasteiger partial charge in [-0.05, 0) is 11.6 Å². The van der Waals surface area contributed by atoms with Gasteiger partial charge in [-0.15, -0.1) is 0 Å². The van der Waals surface area contributed by atoms with Crippen molar-refractivity contribution in [3.05, 3.63) is 70.2 Å². The summed E-state index contributed by atoms with van der Waals surface area (Å²) in [4.78, 5) is 25.2. The van der Waals surface area contributed by atoms with Gasteiger partial charge in [-0.1, -0.05) is 70.0 Å². The molecule has 1 aliphatic carbocycles. The van der Waals surface area contributed by atoms with Gasteiger partial charge >= 0.3 is 0 Å². The van der Waals surface area contributed by atoms with Gasteiger partial charge in [0.2, 0.25) is 0 Å². The summed E-state index contributed by atoms with van der Waals surface area (Å²) >= 11 is 9.39. The number of carbonyl (C=O) groups excluding carboxylic acids is 2. The molecule has 0 spiro atoms. The molecule has 94 valence electrons. The Kier molecular flexibility index (Phi) is 2.84. The first-order valence-corrected chi connectivity index (χ1v) is 6.86. The first-order valence-electron chi connectivity index (χ1n) is 5.69. The summed E-state index contributed by atoms with van der Waals surface area (Å²) in [5.41, 5.74) is 1.30. The molecule has 1 aliphatic rings.